The predicted molar refractivity (Wildman–Crippen MR) is 67.5 cm³/mol. The van der Waals surface area contributed by atoms with E-state index in [0.29, 0.717) is 5.56 Å². The quantitative estimate of drug-likeness (QED) is 0.719. The third kappa shape index (κ3) is 2.36. The Kier molecular flexibility index (Phi) is 3.13. The maximum absolute atomic E-state index is 8.76. The number of aryl methyl sites for hydroxylation is 1. The van der Waals surface area contributed by atoms with Crippen LogP contribution in [0, 0.1) is 18.3 Å². The third-order valence-electron chi connectivity index (χ3n) is 2.21. The van der Waals surface area contributed by atoms with Gasteiger partial charge in [0.25, 0.3) is 0 Å². The SMILES string of the molecule is Cc1ccsc1C=Nc1cccc(C#N)c1. The van der Waals surface area contributed by atoms with E-state index in [0.717, 1.165) is 10.6 Å². The van der Waals surface area contributed by atoms with Crippen LogP contribution < -0.4 is 0 Å². The van der Waals surface area contributed by atoms with E-state index in [4.69, 9.17) is 5.26 Å². The molecule has 0 N–H and O–H groups in total. The molecule has 1 heterocycles. The van der Waals surface area contributed by atoms with E-state index >= 15 is 0 Å². The number of hydrogen-bond donors (Lipinski definition) is 0. The van der Waals surface area contributed by atoms with E-state index in [1.165, 1.54) is 5.56 Å². The third-order valence-corrected chi connectivity index (χ3v) is 3.16. The van der Waals surface area contributed by atoms with Gasteiger partial charge in [0.1, 0.15) is 0 Å². The second-order valence-corrected chi connectivity index (χ2v) is 4.34. The van der Waals surface area contributed by atoms with Crippen molar-refractivity contribution in [3.8, 4) is 6.07 Å². The molecule has 0 bridgehead atoms. The molecule has 0 radical (unpaired) electrons. The second-order valence-electron chi connectivity index (χ2n) is 3.39. The summed E-state index contributed by atoms with van der Waals surface area (Å²) in [7, 11) is 0. The van der Waals surface area contributed by atoms with Gasteiger partial charge in [-0.25, -0.2) is 0 Å². The summed E-state index contributed by atoms with van der Waals surface area (Å²) < 4.78 is 0. The molecule has 0 aliphatic rings. The van der Waals surface area contributed by atoms with Crippen LogP contribution in [0.4, 0.5) is 5.69 Å². The Bertz CT molecular complexity index is 561. The van der Waals surface area contributed by atoms with Crippen molar-refractivity contribution in [3.63, 3.8) is 0 Å². The molecule has 3 heteroatoms. The molecule has 0 amide bonds. The number of aliphatic imine (C=N–C) groups is 1. The maximum Gasteiger partial charge on any atom is 0.0992 e. The predicted octanol–water partition coefficient (Wildman–Crippen LogP) is 3.68. The fourth-order valence-electron chi connectivity index (χ4n) is 1.31. The highest BCUT2D eigenvalue weighted by atomic mass is 32.1. The number of nitrogens with zero attached hydrogens (tertiary/aromatic N) is 2. The molecule has 0 spiro atoms. The standard InChI is InChI=1S/C13H10N2S/c1-10-5-6-16-13(10)9-15-12-4-2-3-11(7-12)8-14/h2-7,9H,1H3. The molecule has 0 saturated carbocycles. The lowest BCUT2D eigenvalue weighted by atomic mass is 10.2. The molecule has 16 heavy (non-hydrogen) atoms. The average molecular weight is 226 g/mol. The second kappa shape index (κ2) is 4.73. The monoisotopic (exact) mass is 226 g/mol. The van der Waals surface area contributed by atoms with E-state index in [-0.39, 0.29) is 0 Å². The van der Waals surface area contributed by atoms with Gasteiger partial charge in [-0.3, -0.25) is 4.99 Å². The molecular weight excluding hydrogens is 216 g/mol. The van der Waals surface area contributed by atoms with Crippen LogP contribution >= 0.6 is 11.3 Å². The molecule has 0 unspecified atom stereocenters. The normalized spacial score (nSPS) is 10.5. The lowest BCUT2D eigenvalue weighted by Gasteiger charge is -1.93. The molecule has 1 aromatic carbocycles. The van der Waals surface area contributed by atoms with Crippen molar-refractivity contribution >= 4 is 23.2 Å². The summed E-state index contributed by atoms with van der Waals surface area (Å²) in [5.41, 5.74) is 2.68. The zero-order chi connectivity index (χ0) is 11.4. The smallest absolute Gasteiger partial charge is 0.0992 e. The van der Waals surface area contributed by atoms with Crippen LogP contribution in [0.15, 0.2) is 40.7 Å². The van der Waals surface area contributed by atoms with Gasteiger partial charge in [0.15, 0.2) is 0 Å². The van der Waals surface area contributed by atoms with Gasteiger partial charge >= 0.3 is 0 Å². The first kappa shape index (κ1) is 10.6. The molecule has 0 aliphatic heterocycles. The minimum Gasteiger partial charge on any atom is -0.255 e. The molecule has 2 rings (SSSR count). The Balaban J connectivity index is 2.24. The molecule has 1 aromatic heterocycles. The van der Waals surface area contributed by atoms with Crippen molar-refractivity contribution in [1.82, 2.24) is 0 Å². The summed E-state index contributed by atoms with van der Waals surface area (Å²) in [6.45, 7) is 2.06. The molecule has 78 valence electrons. The van der Waals surface area contributed by atoms with Crippen LogP contribution in [0.1, 0.15) is 16.0 Å². The summed E-state index contributed by atoms with van der Waals surface area (Å²) in [5, 5.41) is 10.8. The highest BCUT2D eigenvalue weighted by molar-refractivity contribution is 7.11. The summed E-state index contributed by atoms with van der Waals surface area (Å²) in [6.07, 6.45) is 1.84. The first-order valence-corrected chi connectivity index (χ1v) is 5.76. The topological polar surface area (TPSA) is 36.1 Å². The van der Waals surface area contributed by atoms with Crippen LogP contribution in [-0.2, 0) is 0 Å². The van der Waals surface area contributed by atoms with Gasteiger partial charge in [0, 0.05) is 11.1 Å². The average Bonchev–Trinajstić information content (AvgIpc) is 2.72. The zero-order valence-corrected chi connectivity index (χ0v) is 9.66. The first-order valence-electron chi connectivity index (χ1n) is 4.88. The first-order chi connectivity index (χ1) is 7.79. The highest BCUT2D eigenvalue weighted by Gasteiger charge is 1.96. The number of benzene rings is 1. The molecule has 0 atom stereocenters. The van der Waals surface area contributed by atoms with E-state index in [9.17, 15) is 0 Å². The fourth-order valence-corrected chi connectivity index (χ4v) is 2.09. The van der Waals surface area contributed by atoms with Gasteiger partial charge in [0.05, 0.1) is 17.3 Å². The minimum absolute atomic E-state index is 0.637. The Morgan fingerprint density at radius 1 is 1.38 bits per heavy atom. The van der Waals surface area contributed by atoms with Crippen LogP contribution in [0.5, 0.6) is 0 Å². The Hall–Kier alpha value is -1.92. The van der Waals surface area contributed by atoms with Gasteiger partial charge in [-0.05, 0) is 42.1 Å². The van der Waals surface area contributed by atoms with Crippen LogP contribution in [0.2, 0.25) is 0 Å². The molecule has 2 aromatic rings. The van der Waals surface area contributed by atoms with Gasteiger partial charge in [0.2, 0.25) is 0 Å². The number of hydrogen-bond acceptors (Lipinski definition) is 3. The van der Waals surface area contributed by atoms with Crippen molar-refractivity contribution in [3.05, 3.63) is 51.7 Å². The lowest BCUT2D eigenvalue weighted by Crippen LogP contribution is -1.78. The van der Waals surface area contributed by atoms with E-state index in [1.807, 2.05) is 23.7 Å². The van der Waals surface area contributed by atoms with Crippen LogP contribution in [0.3, 0.4) is 0 Å². The molecule has 2 nitrogen and oxygen atoms in total. The van der Waals surface area contributed by atoms with E-state index < -0.39 is 0 Å². The summed E-state index contributed by atoms with van der Waals surface area (Å²) >= 11 is 1.66. The maximum atomic E-state index is 8.76. The number of nitriles is 1. The summed E-state index contributed by atoms with van der Waals surface area (Å²) in [4.78, 5) is 5.51. The Labute approximate surface area is 98.5 Å². The molecule has 0 fully saturated rings. The van der Waals surface area contributed by atoms with Crippen molar-refractivity contribution in [1.29, 1.82) is 5.26 Å². The Morgan fingerprint density at radius 2 is 2.25 bits per heavy atom. The lowest BCUT2D eigenvalue weighted by molar-refractivity contribution is 1.46. The number of rotatable bonds is 2. The van der Waals surface area contributed by atoms with Gasteiger partial charge in [-0.15, -0.1) is 11.3 Å². The molecule has 0 aliphatic carbocycles. The zero-order valence-electron chi connectivity index (χ0n) is 8.84. The van der Waals surface area contributed by atoms with Gasteiger partial charge in [-0.2, -0.15) is 5.26 Å². The van der Waals surface area contributed by atoms with Crippen molar-refractivity contribution in [2.45, 2.75) is 6.92 Å². The van der Waals surface area contributed by atoms with Crippen LogP contribution in [-0.4, -0.2) is 6.21 Å². The van der Waals surface area contributed by atoms with E-state index in [1.54, 1.807) is 23.5 Å². The molecular formula is C13H10N2S. The van der Waals surface area contributed by atoms with Crippen LogP contribution in [0.25, 0.3) is 0 Å². The van der Waals surface area contributed by atoms with Gasteiger partial charge < -0.3 is 0 Å². The highest BCUT2D eigenvalue weighted by Crippen LogP contribution is 2.17. The molecule has 0 saturated heterocycles. The largest absolute Gasteiger partial charge is 0.255 e. The van der Waals surface area contributed by atoms with Crippen molar-refractivity contribution in [2.75, 3.05) is 0 Å². The van der Waals surface area contributed by atoms with Crippen molar-refractivity contribution < 1.29 is 0 Å². The summed E-state index contributed by atoms with van der Waals surface area (Å²) in [5.74, 6) is 0. The number of thiophene rings is 1. The van der Waals surface area contributed by atoms with Crippen molar-refractivity contribution in [2.24, 2.45) is 4.99 Å². The van der Waals surface area contributed by atoms with Gasteiger partial charge in [-0.1, -0.05) is 6.07 Å². The summed E-state index contributed by atoms with van der Waals surface area (Å²) in [6, 6.07) is 11.4. The van der Waals surface area contributed by atoms with E-state index in [2.05, 4.69) is 24.1 Å². The Morgan fingerprint density at radius 3 is 2.94 bits per heavy atom. The minimum atomic E-state index is 0.637. The fraction of sp³-hybridized carbons (Fsp3) is 0.0769.